The highest BCUT2D eigenvalue weighted by Gasteiger charge is 2.23. The van der Waals surface area contributed by atoms with Gasteiger partial charge < -0.3 is 24.5 Å². The molecule has 1 aromatic heterocycles. The molecule has 1 amide bonds. The van der Waals surface area contributed by atoms with Gasteiger partial charge in [-0.05, 0) is 50.1 Å². The highest BCUT2D eigenvalue weighted by atomic mass is 35.5. The summed E-state index contributed by atoms with van der Waals surface area (Å²) in [5, 5.41) is 6.02. The third-order valence-electron chi connectivity index (χ3n) is 4.72. The number of nitrogens with one attached hydrogen (secondary N) is 2. The second kappa shape index (κ2) is 8.02. The van der Waals surface area contributed by atoms with E-state index in [1.807, 2.05) is 0 Å². The monoisotopic (exact) mass is 392 g/mol. The Morgan fingerprint density at radius 2 is 2.04 bits per heavy atom. The number of benzene rings is 1. The van der Waals surface area contributed by atoms with E-state index in [0.717, 1.165) is 25.9 Å². The van der Waals surface area contributed by atoms with Gasteiger partial charge in [0.05, 0.1) is 0 Å². The van der Waals surface area contributed by atoms with Crippen LogP contribution in [0.25, 0.3) is 0 Å². The lowest BCUT2D eigenvalue weighted by atomic mass is 9.95. The van der Waals surface area contributed by atoms with Gasteiger partial charge in [-0.3, -0.25) is 4.79 Å². The number of hydrogen-bond acceptors (Lipinski definition) is 6. The molecular formula is C19H21ClN2O5. The van der Waals surface area contributed by atoms with Crippen LogP contribution in [-0.4, -0.2) is 25.8 Å². The number of rotatable bonds is 3. The van der Waals surface area contributed by atoms with E-state index >= 15 is 0 Å². The Bertz CT molecular complexity index is 905. The van der Waals surface area contributed by atoms with E-state index < -0.39 is 11.5 Å². The number of aryl methyl sites for hydroxylation is 1. The Hall–Kier alpha value is -2.51. The second-order valence-electron chi connectivity index (χ2n) is 6.56. The van der Waals surface area contributed by atoms with Crippen LogP contribution in [0, 0.1) is 6.92 Å². The lowest BCUT2D eigenvalue weighted by Crippen LogP contribution is -2.30. The topological polar surface area (TPSA) is 89.8 Å². The summed E-state index contributed by atoms with van der Waals surface area (Å²) >= 11 is 0. The average Bonchev–Trinajstić information content (AvgIpc) is 3.09. The molecule has 8 heteroatoms. The van der Waals surface area contributed by atoms with Crippen molar-refractivity contribution in [2.24, 2.45) is 0 Å². The smallest absolute Gasteiger partial charge is 0.349 e. The van der Waals surface area contributed by atoms with Crippen LogP contribution in [0.15, 0.2) is 33.5 Å². The number of amides is 1. The van der Waals surface area contributed by atoms with E-state index in [4.69, 9.17) is 13.9 Å². The molecule has 0 saturated carbocycles. The quantitative estimate of drug-likeness (QED) is 0.834. The van der Waals surface area contributed by atoms with Gasteiger partial charge >= 0.3 is 5.63 Å². The number of ether oxygens (including phenoxy) is 2. The molecule has 2 aliphatic heterocycles. The van der Waals surface area contributed by atoms with Crippen LogP contribution in [0.2, 0.25) is 0 Å². The van der Waals surface area contributed by atoms with Gasteiger partial charge in [-0.1, -0.05) is 0 Å². The van der Waals surface area contributed by atoms with E-state index in [2.05, 4.69) is 10.6 Å². The molecule has 2 aromatic rings. The first-order valence-electron chi connectivity index (χ1n) is 8.68. The molecule has 1 atom stereocenters. The second-order valence-corrected chi connectivity index (χ2v) is 6.56. The van der Waals surface area contributed by atoms with Gasteiger partial charge in [0.1, 0.15) is 11.3 Å². The molecule has 7 nitrogen and oxygen atoms in total. The molecule has 144 valence electrons. The molecule has 1 aromatic carbocycles. The Morgan fingerprint density at radius 1 is 1.22 bits per heavy atom. The van der Waals surface area contributed by atoms with Crippen molar-refractivity contribution < 1.29 is 18.7 Å². The van der Waals surface area contributed by atoms with Gasteiger partial charge in [-0.25, -0.2) is 4.79 Å². The number of carbonyl (C=O) groups is 1. The van der Waals surface area contributed by atoms with Crippen molar-refractivity contribution in [1.82, 2.24) is 5.32 Å². The van der Waals surface area contributed by atoms with Crippen molar-refractivity contribution >= 4 is 24.0 Å². The zero-order valence-electron chi connectivity index (χ0n) is 14.9. The summed E-state index contributed by atoms with van der Waals surface area (Å²) in [6, 6.07) is 6.88. The summed E-state index contributed by atoms with van der Waals surface area (Å²) in [6.07, 6.45) is 2.01. The van der Waals surface area contributed by atoms with Gasteiger partial charge in [0.25, 0.3) is 5.91 Å². The molecule has 2 aliphatic rings. The highest BCUT2D eigenvalue weighted by Crippen LogP contribution is 2.34. The first-order chi connectivity index (χ1) is 12.6. The lowest BCUT2D eigenvalue weighted by molar-refractivity contribution is 0.102. The fraction of sp³-hybridized carbons (Fsp3) is 0.368. The number of carbonyl (C=O) groups excluding carboxylic acids is 1. The van der Waals surface area contributed by atoms with E-state index in [9.17, 15) is 9.59 Å². The van der Waals surface area contributed by atoms with Gasteiger partial charge in [-0.2, -0.15) is 0 Å². The summed E-state index contributed by atoms with van der Waals surface area (Å²) in [7, 11) is 0. The molecule has 2 N–H and O–H groups in total. The molecule has 0 bridgehead atoms. The molecule has 1 saturated heterocycles. The van der Waals surface area contributed by atoms with Crippen molar-refractivity contribution in [2.45, 2.75) is 25.7 Å². The predicted molar refractivity (Wildman–Crippen MR) is 102 cm³/mol. The third-order valence-corrected chi connectivity index (χ3v) is 4.72. The minimum absolute atomic E-state index is 0. The van der Waals surface area contributed by atoms with E-state index in [1.165, 1.54) is 0 Å². The highest BCUT2D eigenvalue weighted by molar-refractivity contribution is 6.05. The number of fused-ring (bicyclic) bond motifs is 1. The van der Waals surface area contributed by atoms with E-state index in [1.54, 1.807) is 31.2 Å². The van der Waals surface area contributed by atoms with Crippen molar-refractivity contribution in [2.75, 3.05) is 25.2 Å². The van der Waals surface area contributed by atoms with Crippen LogP contribution in [0.5, 0.6) is 11.5 Å². The molecule has 0 radical (unpaired) electrons. The Labute approximate surface area is 162 Å². The number of hydrogen-bond donors (Lipinski definition) is 2. The summed E-state index contributed by atoms with van der Waals surface area (Å²) in [6.45, 7) is 3.68. The first-order valence-corrected chi connectivity index (χ1v) is 8.68. The van der Waals surface area contributed by atoms with Gasteiger partial charge in [0, 0.05) is 24.2 Å². The van der Waals surface area contributed by atoms with Crippen molar-refractivity contribution in [3.05, 3.63) is 51.6 Å². The first kappa shape index (κ1) is 19.3. The molecule has 1 unspecified atom stereocenters. The predicted octanol–water partition coefficient (Wildman–Crippen LogP) is 2.82. The Kier molecular flexibility index (Phi) is 5.72. The third kappa shape index (κ3) is 3.94. The number of anilines is 1. The molecule has 0 spiro atoms. The van der Waals surface area contributed by atoms with Crippen LogP contribution in [-0.2, 0) is 0 Å². The van der Waals surface area contributed by atoms with Crippen molar-refractivity contribution in [1.29, 1.82) is 0 Å². The minimum Gasteiger partial charge on any atom is -0.454 e. The zero-order chi connectivity index (χ0) is 18.1. The summed E-state index contributed by atoms with van der Waals surface area (Å²) in [5.74, 6) is 1.50. The molecule has 1 fully saturated rings. The van der Waals surface area contributed by atoms with Crippen molar-refractivity contribution in [3.63, 3.8) is 0 Å². The summed E-state index contributed by atoms with van der Waals surface area (Å²) in [4.78, 5) is 25.0. The largest absolute Gasteiger partial charge is 0.454 e. The SMILES string of the molecule is Cc1cc(C2CCCNC2)oc(=O)c1C(=O)Nc1ccc2c(c1)OCO2.Cl. The fourth-order valence-electron chi connectivity index (χ4n) is 3.37. The van der Waals surface area contributed by atoms with Crippen LogP contribution in [0.4, 0.5) is 5.69 Å². The van der Waals surface area contributed by atoms with Crippen LogP contribution < -0.4 is 25.7 Å². The zero-order valence-corrected chi connectivity index (χ0v) is 15.7. The molecule has 27 heavy (non-hydrogen) atoms. The summed E-state index contributed by atoms with van der Waals surface area (Å²) < 4.78 is 16.0. The number of halogens is 1. The van der Waals surface area contributed by atoms with Gasteiger partial charge in [0.2, 0.25) is 6.79 Å². The van der Waals surface area contributed by atoms with Crippen LogP contribution in [0.1, 0.15) is 40.4 Å². The van der Waals surface area contributed by atoms with Crippen LogP contribution in [0.3, 0.4) is 0 Å². The maximum Gasteiger partial charge on any atom is 0.349 e. The maximum atomic E-state index is 12.6. The van der Waals surface area contributed by atoms with Gasteiger partial charge in [0.15, 0.2) is 11.5 Å². The fourth-order valence-corrected chi connectivity index (χ4v) is 3.37. The molecule has 3 heterocycles. The van der Waals surface area contributed by atoms with E-state index in [-0.39, 0.29) is 30.7 Å². The number of piperidine rings is 1. The van der Waals surface area contributed by atoms with Gasteiger partial charge in [-0.15, -0.1) is 12.4 Å². The van der Waals surface area contributed by atoms with E-state index in [0.29, 0.717) is 28.5 Å². The molecular weight excluding hydrogens is 372 g/mol. The molecule has 0 aliphatic carbocycles. The normalized spacial score (nSPS) is 17.9. The standard InChI is InChI=1S/C19H20N2O5.ClH/c1-11-7-15(12-3-2-6-20-9-12)26-19(23)17(11)18(22)21-13-4-5-14-16(8-13)25-10-24-14;/h4-5,7-8,12,20H,2-3,6,9-10H2,1H3,(H,21,22);1H. The maximum absolute atomic E-state index is 12.6. The minimum atomic E-state index is -0.608. The lowest BCUT2D eigenvalue weighted by Gasteiger charge is -2.22. The van der Waals surface area contributed by atoms with Crippen molar-refractivity contribution in [3.8, 4) is 11.5 Å². The summed E-state index contributed by atoms with van der Waals surface area (Å²) in [5.41, 5.74) is 0.553. The Morgan fingerprint density at radius 3 is 2.78 bits per heavy atom. The van der Waals surface area contributed by atoms with Crippen LogP contribution >= 0.6 is 12.4 Å². The average molecular weight is 393 g/mol. The Balaban J connectivity index is 0.00000210. The molecule has 4 rings (SSSR count).